The summed E-state index contributed by atoms with van der Waals surface area (Å²) in [5, 5.41) is 14.1. The number of carbonyl (C=O) groups excluding carboxylic acids is 1. The van der Waals surface area contributed by atoms with Crippen molar-refractivity contribution in [3.63, 3.8) is 0 Å². The lowest BCUT2D eigenvalue weighted by Crippen LogP contribution is -2.26. The maximum atomic E-state index is 12.0. The first kappa shape index (κ1) is 16.5. The number of ether oxygens (including phenoxy) is 1. The van der Waals surface area contributed by atoms with Crippen LogP contribution < -0.4 is 5.32 Å². The normalized spacial score (nSPS) is 17.0. The fourth-order valence-corrected chi connectivity index (χ4v) is 4.61. The molecule has 1 fully saturated rings. The Labute approximate surface area is 153 Å². The summed E-state index contributed by atoms with van der Waals surface area (Å²) in [4.78, 5) is 12.0. The zero-order valence-corrected chi connectivity index (χ0v) is 15.1. The molecule has 1 aliphatic rings. The van der Waals surface area contributed by atoms with Crippen LogP contribution >= 0.6 is 23.1 Å². The minimum atomic E-state index is -0.351. The van der Waals surface area contributed by atoms with Crippen molar-refractivity contribution in [1.29, 1.82) is 0 Å². The van der Waals surface area contributed by atoms with Gasteiger partial charge in [0, 0.05) is 12.4 Å². The summed E-state index contributed by atoms with van der Waals surface area (Å²) >= 11 is 3.03. The van der Waals surface area contributed by atoms with Crippen LogP contribution in [-0.2, 0) is 15.3 Å². The van der Waals surface area contributed by atoms with Gasteiger partial charge in [0.05, 0.1) is 0 Å². The summed E-state index contributed by atoms with van der Waals surface area (Å²) < 4.78 is 6.22. The standard InChI is InChI=1S/C18H17N3O2S2/c22-16(15-9-4-10-23-15)19-17-20-21-18(25-17)24-11-13-7-3-6-12-5-1-2-8-14(12)13/h1-3,5-8,15H,4,9-11H2,(H,19,20,22)/t15-/m0/s1. The minimum absolute atomic E-state index is 0.126. The van der Waals surface area contributed by atoms with Gasteiger partial charge in [0.15, 0.2) is 4.34 Å². The highest BCUT2D eigenvalue weighted by molar-refractivity contribution is 8.00. The molecule has 0 bridgehead atoms. The molecule has 1 amide bonds. The van der Waals surface area contributed by atoms with Crippen LogP contribution in [0.25, 0.3) is 10.8 Å². The molecule has 0 unspecified atom stereocenters. The number of carbonyl (C=O) groups is 1. The van der Waals surface area contributed by atoms with E-state index in [1.165, 1.54) is 27.7 Å². The smallest absolute Gasteiger partial charge is 0.255 e. The first-order valence-electron chi connectivity index (χ1n) is 8.15. The number of anilines is 1. The van der Waals surface area contributed by atoms with Crippen molar-refractivity contribution in [2.24, 2.45) is 0 Å². The van der Waals surface area contributed by atoms with Gasteiger partial charge in [-0.05, 0) is 29.2 Å². The first-order valence-corrected chi connectivity index (χ1v) is 9.95. The number of fused-ring (bicyclic) bond motifs is 1. The molecule has 2 aromatic carbocycles. The van der Waals surface area contributed by atoms with Crippen molar-refractivity contribution < 1.29 is 9.53 Å². The van der Waals surface area contributed by atoms with Crippen molar-refractivity contribution in [2.75, 3.05) is 11.9 Å². The molecular formula is C18H17N3O2S2. The van der Waals surface area contributed by atoms with Gasteiger partial charge in [-0.2, -0.15) is 0 Å². The predicted octanol–water partition coefficient (Wildman–Crippen LogP) is 4.10. The SMILES string of the molecule is O=C(Nc1nnc(SCc2cccc3ccccc23)s1)[C@@H]1CCCO1. The van der Waals surface area contributed by atoms with Gasteiger partial charge in [0.2, 0.25) is 5.13 Å². The molecule has 3 aromatic rings. The van der Waals surface area contributed by atoms with Crippen molar-refractivity contribution in [3.8, 4) is 0 Å². The molecule has 0 saturated carbocycles. The number of rotatable bonds is 5. The quantitative estimate of drug-likeness (QED) is 0.540. The van der Waals surface area contributed by atoms with Gasteiger partial charge in [-0.3, -0.25) is 10.1 Å². The zero-order chi connectivity index (χ0) is 17.1. The molecule has 2 heterocycles. The average Bonchev–Trinajstić information content (AvgIpc) is 3.32. The second kappa shape index (κ2) is 7.51. The Morgan fingerprint density at radius 3 is 3.00 bits per heavy atom. The number of hydrogen-bond donors (Lipinski definition) is 1. The van der Waals surface area contributed by atoms with Crippen LogP contribution in [0, 0.1) is 0 Å². The number of nitrogens with zero attached hydrogens (tertiary/aromatic N) is 2. The highest BCUT2D eigenvalue weighted by Crippen LogP contribution is 2.31. The number of nitrogens with one attached hydrogen (secondary N) is 1. The Morgan fingerprint density at radius 2 is 2.12 bits per heavy atom. The molecule has 0 aliphatic carbocycles. The van der Waals surface area contributed by atoms with Crippen LogP contribution in [0.5, 0.6) is 0 Å². The molecule has 5 nitrogen and oxygen atoms in total. The van der Waals surface area contributed by atoms with Gasteiger partial charge in [-0.15, -0.1) is 10.2 Å². The van der Waals surface area contributed by atoms with Gasteiger partial charge >= 0.3 is 0 Å². The Kier molecular flexibility index (Phi) is 4.96. The van der Waals surface area contributed by atoms with Crippen molar-refractivity contribution in [3.05, 3.63) is 48.0 Å². The lowest BCUT2D eigenvalue weighted by Gasteiger charge is -2.07. The molecular weight excluding hydrogens is 354 g/mol. The van der Waals surface area contributed by atoms with E-state index in [4.69, 9.17) is 4.74 Å². The third-order valence-electron chi connectivity index (χ3n) is 4.09. The summed E-state index contributed by atoms with van der Waals surface area (Å²) in [6.45, 7) is 0.653. The van der Waals surface area contributed by atoms with Gasteiger partial charge in [0.1, 0.15) is 6.10 Å². The maximum absolute atomic E-state index is 12.0. The van der Waals surface area contributed by atoms with Crippen LogP contribution in [0.1, 0.15) is 18.4 Å². The van der Waals surface area contributed by atoms with Crippen LogP contribution in [0.4, 0.5) is 5.13 Å². The van der Waals surface area contributed by atoms with E-state index < -0.39 is 0 Å². The second-order valence-corrected chi connectivity index (χ2v) is 7.99. The molecule has 1 aliphatic heterocycles. The monoisotopic (exact) mass is 371 g/mol. The molecule has 0 spiro atoms. The molecule has 0 radical (unpaired) electrons. The fraction of sp³-hybridized carbons (Fsp3) is 0.278. The first-order chi connectivity index (χ1) is 12.3. The zero-order valence-electron chi connectivity index (χ0n) is 13.5. The van der Waals surface area contributed by atoms with E-state index in [0.717, 1.165) is 22.9 Å². The number of benzene rings is 2. The molecule has 4 rings (SSSR count). The van der Waals surface area contributed by atoms with Gasteiger partial charge < -0.3 is 4.74 Å². The van der Waals surface area contributed by atoms with Crippen molar-refractivity contribution >= 4 is 44.9 Å². The Bertz CT molecular complexity index is 885. The predicted molar refractivity (Wildman–Crippen MR) is 101 cm³/mol. The lowest BCUT2D eigenvalue weighted by atomic mass is 10.1. The minimum Gasteiger partial charge on any atom is -0.368 e. The average molecular weight is 371 g/mol. The maximum Gasteiger partial charge on any atom is 0.255 e. The molecule has 25 heavy (non-hydrogen) atoms. The summed E-state index contributed by atoms with van der Waals surface area (Å²) in [6.07, 6.45) is 1.35. The van der Waals surface area contributed by atoms with Gasteiger partial charge in [-0.1, -0.05) is 65.6 Å². The molecule has 1 aromatic heterocycles. The highest BCUT2D eigenvalue weighted by Gasteiger charge is 2.24. The van der Waals surface area contributed by atoms with Crippen LogP contribution in [0.15, 0.2) is 46.8 Å². The van der Waals surface area contributed by atoms with E-state index in [9.17, 15) is 4.79 Å². The third kappa shape index (κ3) is 3.84. The van der Waals surface area contributed by atoms with Crippen LogP contribution in [0.3, 0.4) is 0 Å². The van der Waals surface area contributed by atoms with E-state index in [1.807, 2.05) is 6.07 Å². The number of amides is 1. The summed E-state index contributed by atoms with van der Waals surface area (Å²) in [5.41, 5.74) is 1.27. The third-order valence-corrected chi connectivity index (χ3v) is 6.11. The number of thioether (sulfide) groups is 1. The largest absolute Gasteiger partial charge is 0.368 e. The Morgan fingerprint density at radius 1 is 1.24 bits per heavy atom. The Hall–Kier alpha value is -1.96. The van der Waals surface area contributed by atoms with E-state index in [1.54, 1.807) is 11.8 Å². The van der Waals surface area contributed by atoms with Crippen molar-refractivity contribution in [2.45, 2.75) is 29.0 Å². The summed E-state index contributed by atoms with van der Waals surface area (Å²) in [7, 11) is 0. The van der Waals surface area contributed by atoms with Crippen LogP contribution in [0.2, 0.25) is 0 Å². The van der Waals surface area contributed by atoms with Gasteiger partial charge in [-0.25, -0.2) is 0 Å². The molecule has 1 saturated heterocycles. The van der Waals surface area contributed by atoms with E-state index in [2.05, 4.69) is 51.9 Å². The topological polar surface area (TPSA) is 64.1 Å². The highest BCUT2D eigenvalue weighted by atomic mass is 32.2. The van der Waals surface area contributed by atoms with Gasteiger partial charge in [0.25, 0.3) is 5.91 Å². The second-order valence-electron chi connectivity index (χ2n) is 5.79. The van der Waals surface area contributed by atoms with E-state index >= 15 is 0 Å². The van der Waals surface area contributed by atoms with Crippen LogP contribution in [-0.4, -0.2) is 28.8 Å². The van der Waals surface area contributed by atoms with Crippen molar-refractivity contribution in [1.82, 2.24) is 10.2 Å². The molecule has 1 atom stereocenters. The number of hydrogen-bond acceptors (Lipinski definition) is 6. The summed E-state index contributed by atoms with van der Waals surface area (Å²) in [6, 6.07) is 14.7. The van der Waals surface area contributed by atoms with E-state index in [-0.39, 0.29) is 12.0 Å². The molecule has 128 valence electrons. The molecule has 7 heteroatoms. The Balaban J connectivity index is 1.40. The fourth-order valence-electron chi connectivity index (χ4n) is 2.85. The van der Waals surface area contributed by atoms with E-state index in [0.29, 0.717) is 11.7 Å². The molecule has 1 N–H and O–H groups in total. The lowest BCUT2D eigenvalue weighted by molar-refractivity contribution is -0.124. The summed E-state index contributed by atoms with van der Waals surface area (Å²) in [5.74, 6) is 0.689. The number of aromatic nitrogens is 2.